The normalized spacial score (nSPS) is 10.5. The number of hydrogen-bond acceptors (Lipinski definition) is 3. The summed E-state index contributed by atoms with van der Waals surface area (Å²) in [6.45, 7) is 0.558. The van der Waals surface area contributed by atoms with Crippen molar-refractivity contribution in [1.29, 1.82) is 0 Å². The van der Waals surface area contributed by atoms with E-state index in [9.17, 15) is 4.79 Å². The van der Waals surface area contributed by atoms with Gasteiger partial charge < -0.3 is 5.32 Å². The van der Waals surface area contributed by atoms with Gasteiger partial charge in [0.05, 0.1) is 19.0 Å². The zero-order valence-corrected chi connectivity index (χ0v) is 14.7. The van der Waals surface area contributed by atoms with E-state index in [1.807, 2.05) is 18.2 Å². The van der Waals surface area contributed by atoms with E-state index < -0.39 is 0 Å². The number of rotatable bonds is 3. The van der Waals surface area contributed by atoms with Crippen molar-refractivity contribution >= 4 is 76.4 Å². The Morgan fingerprint density at radius 2 is 2.00 bits per heavy atom. The van der Waals surface area contributed by atoms with Gasteiger partial charge in [0, 0.05) is 9.35 Å². The summed E-state index contributed by atoms with van der Waals surface area (Å²) in [6, 6.07) is 5.79. The fourth-order valence-corrected chi connectivity index (χ4v) is 4.53. The predicted octanol–water partition coefficient (Wildman–Crippen LogP) is 5.03. The van der Waals surface area contributed by atoms with Gasteiger partial charge in [0.25, 0.3) is 5.91 Å². The van der Waals surface area contributed by atoms with Crippen LogP contribution in [0, 0.1) is 0 Å². The Hall–Kier alpha value is 0.310. The summed E-state index contributed by atoms with van der Waals surface area (Å²) >= 11 is 13.2. The van der Waals surface area contributed by atoms with Crippen molar-refractivity contribution in [2.45, 2.75) is 6.54 Å². The minimum absolute atomic E-state index is 0.0501. The first-order chi connectivity index (χ1) is 8.06. The molecule has 90 valence electrons. The van der Waals surface area contributed by atoms with Crippen LogP contribution >= 0.6 is 70.5 Å². The molecule has 0 bridgehead atoms. The molecule has 2 aromatic heterocycles. The van der Waals surface area contributed by atoms with Crippen molar-refractivity contribution in [3.63, 3.8) is 0 Å². The van der Waals surface area contributed by atoms with E-state index in [4.69, 9.17) is 0 Å². The van der Waals surface area contributed by atoms with E-state index >= 15 is 0 Å². The smallest absolute Gasteiger partial charge is 0.261 e. The number of carbonyl (C=O) groups is 1. The van der Waals surface area contributed by atoms with Crippen LogP contribution in [0.1, 0.15) is 14.5 Å². The molecule has 17 heavy (non-hydrogen) atoms. The Kier molecular flexibility index (Phi) is 4.82. The summed E-state index contributed by atoms with van der Waals surface area (Å²) in [4.78, 5) is 13.7. The number of halogens is 3. The summed E-state index contributed by atoms with van der Waals surface area (Å²) in [6.07, 6.45) is 0. The summed E-state index contributed by atoms with van der Waals surface area (Å²) < 4.78 is 2.91. The van der Waals surface area contributed by atoms with Gasteiger partial charge in [-0.25, -0.2) is 0 Å². The molecule has 0 aromatic carbocycles. The highest BCUT2D eigenvalue weighted by atomic mass is 79.9. The molecule has 7 heteroatoms. The Morgan fingerprint density at radius 1 is 1.24 bits per heavy atom. The highest BCUT2D eigenvalue weighted by Gasteiger charge is 2.11. The van der Waals surface area contributed by atoms with E-state index in [2.05, 4.69) is 53.1 Å². The molecule has 0 aliphatic rings. The first-order valence-electron chi connectivity index (χ1n) is 4.53. The number of amides is 1. The molecule has 2 nitrogen and oxygen atoms in total. The van der Waals surface area contributed by atoms with Crippen molar-refractivity contribution in [2.75, 3.05) is 0 Å². The molecule has 0 saturated heterocycles. The molecule has 2 heterocycles. The first kappa shape index (κ1) is 13.7. The molecule has 0 unspecified atom stereocenters. The predicted molar refractivity (Wildman–Crippen MR) is 82.9 cm³/mol. The molecular formula is C10H6Br3NOS2. The van der Waals surface area contributed by atoms with Gasteiger partial charge in [-0.3, -0.25) is 4.79 Å². The first-order valence-corrected chi connectivity index (χ1v) is 8.54. The Balaban J connectivity index is 1.98. The Morgan fingerprint density at radius 3 is 2.53 bits per heavy atom. The molecule has 1 N–H and O–H groups in total. The number of carbonyl (C=O) groups excluding carboxylic acids is 1. The van der Waals surface area contributed by atoms with E-state index in [1.165, 1.54) is 11.3 Å². The van der Waals surface area contributed by atoms with Crippen LogP contribution in [-0.2, 0) is 6.54 Å². The average molecular weight is 460 g/mol. The van der Waals surface area contributed by atoms with Crippen LogP contribution in [0.15, 0.2) is 30.2 Å². The van der Waals surface area contributed by atoms with Crippen LogP contribution in [-0.4, -0.2) is 5.91 Å². The Bertz CT molecular complexity index is 530. The molecule has 0 saturated carbocycles. The Labute approximate surface area is 132 Å². The third-order valence-corrected chi connectivity index (χ3v) is 6.80. The minimum atomic E-state index is -0.0501. The second-order valence-electron chi connectivity index (χ2n) is 3.12. The van der Waals surface area contributed by atoms with Gasteiger partial charge in [-0.05, 0) is 66.0 Å². The highest BCUT2D eigenvalue weighted by Crippen LogP contribution is 2.32. The molecule has 0 fully saturated rings. The lowest BCUT2D eigenvalue weighted by atomic mass is 10.4. The quantitative estimate of drug-likeness (QED) is 0.685. The molecular weight excluding hydrogens is 454 g/mol. The second kappa shape index (κ2) is 5.97. The zero-order chi connectivity index (χ0) is 12.4. The van der Waals surface area contributed by atoms with Crippen molar-refractivity contribution in [2.24, 2.45) is 0 Å². The highest BCUT2D eigenvalue weighted by molar-refractivity contribution is 9.13. The van der Waals surface area contributed by atoms with Gasteiger partial charge in [-0.15, -0.1) is 22.7 Å². The molecule has 0 radical (unpaired) electrons. The zero-order valence-electron chi connectivity index (χ0n) is 8.30. The molecule has 0 spiro atoms. The lowest BCUT2D eigenvalue weighted by Crippen LogP contribution is -2.21. The van der Waals surface area contributed by atoms with Crippen molar-refractivity contribution in [3.8, 4) is 0 Å². The molecule has 0 aliphatic heterocycles. The van der Waals surface area contributed by atoms with Gasteiger partial charge in [0.15, 0.2) is 0 Å². The maximum Gasteiger partial charge on any atom is 0.261 e. The van der Waals surface area contributed by atoms with Gasteiger partial charge in [-0.2, -0.15) is 0 Å². The van der Waals surface area contributed by atoms with Crippen LogP contribution in [0.4, 0.5) is 0 Å². The third kappa shape index (κ3) is 3.64. The van der Waals surface area contributed by atoms with E-state index in [1.54, 1.807) is 11.3 Å². The van der Waals surface area contributed by atoms with E-state index in [0.717, 1.165) is 16.9 Å². The van der Waals surface area contributed by atoms with Crippen molar-refractivity contribution < 1.29 is 4.79 Å². The number of hydrogen-bond donors (Lipinski definition) is 1. The van der Waals surface area contributed by atoms with Crippen LogP contribution in [0.3, 0.4) is 0 Å². The van der Waals surface area contributed by atoms with Gasteiger partial charge in [0.2, 0.25) is 0 Å². The maximum atomic E-state index is 11.8. The van der Waals surface area contributed by atoms with Crippen molar-refractivity contribution in [3.05, 3.63) is 40.0 Å². The lowest BCUT2D eigenvalue weighted by molar-refractivity contribution is 0.0955. The van der Waals surface area contributed by atoms with Crippen LogP contribution < -0.4 is 5.32 Å². The SMILES string of the molecule is O=C(NCc1ccc(Br)s1)c1cc(Br)c(Br)s1. The molecule has 2 aromatic rings. The van der Waals surface area contributed by atoms with Crippen molar-refractivity contribution in [1.82, 2.24) is 5.32 Å². The maximum absolute atomic E-state index is 11.8. The minimum Gasteiger partial charge on any atom is -0.346 e. The number of nitrogens with one attached hydrogen (secondary N) is 1. The topological polar surface area (TPSA) is 29.1 Å². The fraction of sp³-hybridized carbons (Fsp3) is 0.100. The molecule has 0 atom stereocenters. The fourth-order valence-electron chi connectivity index (χ4n) is 1.16. The monoisotopic (exact) mass is 457 g/mol. The van der Waals surface area contributed by atoms with Crippen LogP contribution in [0.25, 0.3) is 0 Å². The standard InChI is InChI=1S/C10H6Br3NOS2/c11-6-3-7(17-9(6)13)10(15)14-4-5-1-2-8(12)16-5/h1-3H,4H2,(H,14,15). The van der Waals surface area contributed by atoms with Gasteiger partial charge in [0.1, 0.15) is 0 Å². The van der Waals surface area contributed by atoms with Gasteiger partial charge >= 0.3 is 0 Å². The summed E-state index contributed by atoms with van der Waals surface area (Å²) in [5.74, 6) is -0.0501. The average Bonchev–Trinajstić information content (AvgIpc) is 2.83. The molecule has 0 aliphatic carbocycles. The summed E-state index contributed by atoms with van der Waals surface area (Å²) in [7, 11) is 0. The number of thiophene rings is 2. The molecule has 1 amide bonds. The largest absolute Gasteiger partial charge is 0.346 e. The van der Waals surface area contributed by atoms with E-state index in [-0.39, 0.29) is 5.91 Å². The van der Waals surface area contributed by atoms with Gasteiger partial charge in [-0.1, -0.05) is 0 Å². The van der Waals surface area contributed by atoms with E-state index in [0.29, 0.717) is 11.4 Å². The second-order valence-corrected chi connectivity index (χ2v) is 8.89. The summed E-state index contributed by atoms with van der Waals surface area (Å²) in [5, 5.41) is 2.89. The molecule has 2 rings (SSSR count). The van der Waals surface area contributed by atoms with Crippen LogP contribution in [0.5, 0.6) is 0 Å². The summed E-state index contributed by atoms with van der Waals surface area (Å²) in [5.41, 5.74) is 0. The van der Waals surface area contributed by atoms with Crippen LogP contribution in [0.2, 0.25) is 0 Å². The third-order valence-electron chi connectivity index (χ3n) is 1.92. The lowest BCUT2D eigenvalue weighted by Gasteiger charge is -2.00.